The second-order valence-corrected chi connectivity index (χ2v) is 4.36. The molecule has 0 spiro atoms. The Balaban J connectivity index is 2.62. The van der Waals surface area contributed by atoms with E-state index in [0.29, 0.717) is 23.4 Å². The van der Waals surface area contributed by atoms with E-state index in [9.17, 15) is 18.0 Å². The Hall–Kier alpha value is -2.11. The highest BCUT2D eigenvalue weighted by molar-refractivity contribution is 5.99. The van der Waals surface area contributed by atoms with Crippen LogP contribution in [0.1, 0.15) is 29.8 Å². The van der Waals surface area contributed by atoms with E-state index in [1.54, 1.807) is 6.07 Å². The normalized spacial score (nSPS) is 11.7. The molecule has 20 heavy (non-hydrogen) atoms. The second-order valence-electron chi connectivity index (χ2n) is 4.36. The lowest BCUT2D eigenvalue weighted by Crippen LogP contribution is -2.06. The maximum Gasteiger partial charge on any atom is 0.416 e. The summed E-state index contributed by atoms with van der Waals surface area (Å²) in [5.41, 5.74) is 0.343. The van der Waals surface area contributed by atoms with Crippen LogP contribution in [0.15, 0.2) is 30.5 Å². The lowest BCUT2D eigenvalue weighted by Gasteiger charge is -2.11. The van der Waals surface area contributed by atoms with Gasteiger partial charge in [-0.1, -0.05) is 12.1 Å². The molecule has 106 valence electrons. The van der Waals surface area contributed by atoms with Crippen molar-refractivity contribution < 1.29 is 18.0 Å². The molecule has 0 radical (unpaired) electrons. The predicted molar refractivity (Wildman–Crippen MR) is 68.3 cm³/mol. The van der Waals surface area contributed by atoms with E-state index < -0.39 is 11.7 Å². The molecule has 6 heteroatoms. The highest BCUT2D eigenvalue weighted by atomic mass is 19.4. The third-order valence-corrected chi connectivity index (χ3v) is 2.98. The molecule has 0 saturated carbocycles. The van der Waals surface area contributed by atoms with Crippen LogP contribution in [0.2, 0.25) is 0 Å². The zero-order chi connectivity index (χ0) is 14.9. The number of hydrogen-bond acceptors (Lipinski definition) is 2. The highest BCUT2D eigenvalue weighted by Gasteiger charge is 2.31. The van der Waals surface area contributed by atoms with Crippen LogP contribution in [-0.2, 0) is 12.7 Å². The quantitative estimate of drug-likeness (QED) is 0.803. The third kappa shape index (κ3) is 2.59. The number of nitrogens with zero attached hydrogens (tertiary/aromatic N) is 2. The summed E-state index contributed by atoms with van der Waals surface area (Å²) in [4.78, 5) is 11.6. The minimum absolute atomic E-state index is 0.225. The van der Waals surface area contributed by atoms with E-state index in [2.05, 4.69) is 5.10 Å². The fourth-order valence-electron chi connectivity index (χ4n) is 2.03. The van der Waals surface area contributed by atoms with Crippen molar-refractivity contribution in [3.63, 3.8) is 0 Å². The summed E-state index contributed by atoms with van der Waals surface area (Å²) in [6.45, 7) is 3.65. The number of carbonyl (C=O) groups is 1. The Kier molecular flexibility index (Phi) is 3.65. The van der Waals surface area contributed by atoms with Crippen LogP contribution >= 0.6 is 0 Å². The van der Waals surface area contributed by atoms with Gasteiger partial charge in [-0.2, -0.15) is 18.3 Å². The van der Waals surface area contributed by atoms with E-state index in [1.807, 2.05) is 6.92 Å². The van der Waals surface area contributed by atoms with E-state index in [1.165, 1.54) is 23.9 Å². The van der Waals surface area contributed by atoms with E-state index >= 15 is 0 Å². The molecule has 0 aliphatic rings. The molecule has 0 saturated heterocycles. The smallest absolute Gasteiger partial charge is 0.294 e. The number of ketones is 1. The summed E-state index contributed by atoms with van der Waals surface area (Å²) in [7, 11) is 0. The Bertz CT molecular complexity index is 644. The number of halogens is 3. The van der Waals surface area contributed by atoms with Crippen molar-refractivity contribution in [1.29, 1.82) is 0 Å². The Morgan fingerprint density at radius 1 is 1.35 bits per heavy atom. The first-order valence-electron chi connectivity index (χ1n) is 6.09. The molecule has 0 aliphatic heterocycles. The van der Waals surface area contributed by atoms with Gasteiger partial charge in [-0.25, -0.2) is 0 Å². The minimum atomic E-state index is -4.41. The van der Waals surface area contributed by atoms with E-state index in [0.717, 1.165) is 12.1 Å². The van der Waals surface area contributed by atoms with Gasteiger partial charge in [0.1, 0.15) is 0 Å². The van der Waals surface area contributed by atoms with Gasteiger partial charge in [0.15, 0.2) is 5.78 Å². The number of carbonyl (C=O) groups excluding carboxylic acids is 1. The summed E-state index contributed by atoms with van der Waals surface area (Å²) in [5, 5.41) is 4.04. The fourth-order valence-corrected chi connectivity index (χ4v) is 2.03. The molecule has 2 aromatic rings. The molecule has 1 aromatic carbocycles. The van der Waals surface area contributed by atoms with Crippen molar-refractivity contribution in [2.45, 2.75) is 26.6 Å². The van der Waals surface area contributed by atoms with Crippen LogP contribution in [0.3, 0.4) is 0 Å². The Morgan fingerprint density at radius 3 is 2.60 bits per heavy atom. The number of benzene rings is 1. The zero-order valence-electron chi connectivity index (χ0n) is 11.0. The lowest BCUT2D eigenvalue weighted by molar-refractivity contribution is -0.137. The molecule has 0 atom stereocenters. The summed E-state index contributed by atoms with van der Waals surface area (Å²) < 4.78 is 39.8. The maximum absolute atomic E-state index is 12.8. The van der Waals surface area contributed by atoms with Gasteiger partial charge < -0.3 is 0 Å². The molecule has 0 N–H and O–H groups in total. The average molecular weight is 282 g/mol. The molecule has 0 amide bonds. The molecule has 2 rings (SSSR count). The fraction of sp³-hybridized carbons (Fsp3) is 0.286. The summed E-state index contributed by atoms with van der Waals surface area (Å²) in [6, 6.07) is 4.92. The molecule has 0 fully saturated rings. The Morgan fingerprint density at radius 2 is 2.05 bits per heavy atom. The van der Waals surface area contributed by atoms with Gasteiger partial charge >= 0.3 is 6.18 Å². The molecule has 0 aliphatic carbocycles. The first-order chi connectivity index (χ1) is 9.34. The van der Waals surface area contributed by atoms with Crippen molar-refractivity contribution >= 4 is 5.78 Å². The van der Waals surface area contributed by atoms with Gasteiger partial charge in [0, 0.05) is 12.1 Å². The topological polar surface area (TPSA) is 34.9 Å². The van der Waals surface area contributed by atoms with Crippen molar-refractivity contribution in [2.24, 2.45) is 0 Å². The van der Waals surface area contributed by atoms with Gasteiger partial charge in [0.2, 0.25) is 0 Å². The number of alkyl halides is 3. The lowest BCUT2D eigenvalue weighted by atomic mass is 10.0. The molecular formula is C14H13F3N2O. The van der Waals surface area contributed by atoms with Crippen LogP contribution in [0.25, 0.3) is 11.3 Å². The number of rotatable bonds is 3. The van der Waals surface area contributed by atoms with Crippen LogP contribution in [0.4, 0.5) is 13.2 Å². The number of hydrogen-bond donors (Lipinski definition) is 0. The largest absolute Gasteiger partial charge is 0.416 e. The van der Waals surface area contributed by atoms with Gasteiger partial charge in [-0.15, -0.1) is 0 Å². The van der Waals surface area contributed by atoms with Crippen molar-refractivity contribution in [3.05, 3.63) is 41.6 Å². The second kappa shape index (κ2) is 5.11. The highest BCUT2D eigenvalue weighted by Crippen LogP contribution is 2.33. The monoisotopic (exact) mass is 282 g/mol. The zero-order valence-corrected chi connectivity index (χ0v) is 11.0. The van der Waals surface area contributed by atoms with Crippen LogP contribution in [-0.4, -0.2) is 15.6 Å². The van der Waals surface area contributed by atoms with Crippen LogP contribution in [0, 0.1) is 0 Å². The SMILES string of the molecule is CCn1ncc(C(C)=O)c1-c1cccc(C(F)(F)F)c1. The molecule has 1 aromatic heterocycles. The minimum Gasteiger partial charge on any atom is -0.294 e. The summed E-state index contributed by atoms with van der Waals surface area (Å²) >= 11 is 0. The first kappa shape index (κ1) is 14.3. The van der Waals surface area contributed by atoms with Gasteiger partial charge in [0.25, 0.3) is 0 Å². The van der Waals surface area contributed by atoms with Gasteiger partial charge in [0.05, 0.1) is 23.0 Å². The molecular weight excluding hydrogens is 269 g/mol. The number of aryl methyl sites for hydroxylation is 1. The average Bonchev–Trinajstić information content (AvgIpc) is 2.81. The van der Waals surface area contributed by atoms with Gasteiger partial charge in [-0.05, 0) is 26.0 Å². The number of aromatic nitrogens is 2. The van der Waals surface area contributed by atoms with Crippen LogP contribution in [0.5, 0.6) is 0 Å². The summed E-state index contributed by atoms with van der Waals surface area (Å²) in [6.07, 6.45) is -3.02. The van der Waals surface area contributed by atoms with Gasteiger partial charge in [-0.3, -0.25) is 9.48 Å². The van der Waals surface area contributed by atoms with Crippen molar-refractivity contribution in [3.8, 4) is 11.3 Å². The first-order valence-corrected chi connectivity index (χ1v) is 6.09. The molecule has 0 unspecified atom stereocenters. The van der Waals surface area contributed by atoms with Crippen molar-refractivity contribution in [1.82, 2.24) is 9.78 Å². The predicted octanol–water partition coefficient (Wildman–Crippen LogP) is 3.79. The Labute approximate surface area is 114 Å². The molecule has 3 nitrogen and oxygen atoms in total. The van der Waals surface area contributed by atoms with Crippen molar-refractivity contribution in [2.75, 3.05) is 0 Å². The van der Waals surface area contributed by atoms with E-state index in [4.69, 9.17) is 0 Å². The molecule has 0 bridgehead atoms. The molecule has 1 heterocycles. The van der Waals surface area contributed by atoms with Crippen LogP contribution < -0.4 is 0 Å². The standard InChI is InChI=1S/C14H13F3N2O/c1-3-19-13(12(8-18-19)9(2)20)10-5-4-6-11(7-10)14(15,16)17/h4-8H,3H2,1-2H3. The third-order valence-electron chi connectivity index (χ3n) is 2.98. The number of Topliss-reactive ketones (excluding diaryl/α,β-unsaturated/α-hetero) is 1. The summed E-state index contributed by atoms with van der Waals surface area (Å²) in [5.74, 6) is -0.225. The maximum atomic E-state index is 12.8. The van der Waals surface area contributed by atoms with E-state index in [-0.39, 0.29) is 5.78 Å².